The van der Waals surface area contributed by atoms with Crippen LogP contribution in [0.1, 0.15) is 38.4 Å². The van der Waals surface area contributed by atoms with E-state index in [-0.39, 0.29) is 5.92 Å². The number of nitrogens with zero attached hydrogens (tertiary/aromatic N) is 2. The van der Waals surface area contributed by atoms with Crippen LogP contribution >= 0.6 is 11.6 Å². The number of amides is 1. The van der Waals surface area contributed by atoms with Gasteiger partial charge >= 0.3 is 6.09 Å². The molecule has 1 aromatic heterocycles. The Bertz CT molecular complexity index is 751. The Labute approximate surface area is 145 Å². The summed E-state index contributed by atoms with van der Waals surface area (Å²) >= 11 is 6.18. The fourth-order valence-corrected chi connectivity index (χ4v) is 3.93. The fourth-order valence-electron chi connectivity index (χ4n) is 3.71. The van der Waals surface area contributed by atoms with Gasteiger partial charge in [0.15, 0.2) is 0 Å². The summed E-state index contributed by atoms with van der Waals surface area (Å²) in [6, 6.07) is 3.58. The maximum atomic E-state index is 11.1. The van der Waals surface area contributed by atoms with Gasteiger partial charge in [0.2, 0.25) is 0 Å². The lowest BCUT2D eigenvalue weighted by molar-refractivity contribution is -0.0163. The van der Waals surface area contributed by atoms with E-state index in [9.17, 15) is 9.90 Å². The van der Waals surface area contributed by atoms with Crippen molar-refractivity contribution in [2.45, 2.75) is 32.8 Å². The van der Waals surface area contributed by atoms with Gasteiger partial charge in [0.1, 0.15) is 0 Å². The molecule has 1 atom stereocenters. The largest absolute Gasteiger partial charge is 0.465 e. The quantitative estimate of drug-likeness (QED) is 0.787. The van der Waals surface area contributed by atoms with Gasteiger partial charge in [0.05, 0.1) is 17.8 Å². The third kappa shape index (κ3) is 2.96. The summed E-state index contributed by atoms with van der Waals surface area (Å²) in [6.45, 7) is 5.08. The lowest BCUT2D eigenvalue weighted by Crippen LogP contribution is -2.43. The SMILES string of the molecule is CC(C)(C1CCN(C(=O)O)CC1)C(O)c1cc(Cl)cc2[nH]ncc12. The number of nitrogens with one attached hydrogen (secondary N) is 1. The van der Waals surface area contributed by atoms with Crippen LogP contribution in [0.25, 0.3) is 10.9 Å². The molecule has 6 nitrogen and oxygen atoms in total. The van der Waals surface area contributed by atoms with E-state index in [4.69, 9.17) is 16.7 Å². The predicted octanol–water partition coefficient (Wildman–Crippen LogP) is 3.67. The van der Waals surface area contributed by atoms with Crippen molar-refractivity contribution in [3.63, 3.8) is 0 Å². The second-order valence-corrected chi connectivity index (χ2v) is 7.53. The van der Waals surface area contributed by atoms with Gasteiger partial charge in [-0.1, -0.05) is 25.4 Å². The molecular weight excluding hydrogens is 330 g/mol. The van der Waals surface area contributed by atoms with Crippen LogP contribution in [0, 0.1) is 11.3 Å². The number of aliphatic hydroxyl groups excluding tert-OH is 1. The van der Waals surface area contributed by atoms with Crippen molar-refractivity contribution in [3.8, 4) is 0 Å². The maximum absolute atomic E-state index is 11.1. The van der Waals surface area contributed by atoms with Crippen LogP contribution < -0.4 is 0 Å². The van der Waals surface area contributed by atoms with Gasteiger partial charge in [0, 0.05) is 23.5 Å². The normalized spacial score (nSPS) is 18.1. The molecule has 7 heteroatoms. The average Bonchev–Trinajstić information content (AvgIpc) is 3.01. The molecule has 130 valence electrons. The Morgan fingerprint density at radius 3 is 2.71 bits per heavy atom. The molecule has 1 aliphatic heterocycles. The number of hydrogen-bond donors (Lipinski definition) is 3. The number of halogens is 1. The van der Waals surface area contributed by atoms with Gasteiger partial charge in [-0.15, -0.1) is 0 Å². The van der Waals surface area contributed by atoms with Crippen LogP contribution in [0.5, 0.6) is 0 Å². The highest BCUT2D eigenvalue weighted by Crippen LogP contribution is 2.46. The Morgan fingerprint density at radius 1 is 1.42 bits per heavy atom. The number of likely N-dealkylation sites (tertiary alicyclic amines) is 1. The molecule has 3 rings (SSSR count). The summed E-state index contributed by atoms with van der Waals surface area (Å²) in [6.07, 6.45) is 1.60. The minimum atomic E-state index is -0.873. The first-order valence-electron chi connectivity index (χ1n) is 8.09. The highest BCUT2D eigenvalue weighted by molar-refractivity contribution is 6.31. The van der Waals surface area contributed by atoms with E-state index >= 15 is 0 Å². The molecule has 1 aliphatic rings. The van der Waals surface area contributed by atoms with Crippen molar-refractivity contribution in [1.29, 1.82) is 0 Å². The molecule has 0 radical (unpaired) electrons. The van der Waals surface area contributed by atoms with E-state index in [0.29, 0.717) is 18.1 Å². The molecule has 24 heavy (non-hydrogen) atoms. The van der Waals surface area contributed by atoms with Crippen molar-refractivity contribution in [2.24, 2.45) is 11.3 Å². The lowest BCUT2D eigenvalue weighted by atomic mass is 9.68. The summed E-state index contributed by atoms with van der Waals surface area (Å²) in [7, 11) is 0. The molecule has 1 saturated heterocycles. The third-order valence-corrected chi connectivity index (χ3v) is 5.59. The summed E-state index contributed by atoms with van der Waals surface area (Å²) in [5, 5.41) is 28.5. The zero-order valence-corrected chi connectivity index (χ0v) is 14.5. The van der Waals surface area contributed by atoms with Crippen molar-refractivity contribution in [1.82, 2.24) is 15.1 Å². The lowest BCUT2D eigenvalue weighted by Gasteiger charge is -2.43. The summed E-state index contributed by atoms with van der Waals surface area (Å²) in [4.78, 5) is 12.5. The molecule has 1 aromatic carbocycles. The Balaban J connectivity index is 1.86. The van der Waals surface area contributed by atoms with E-state index in [1.165, 1.54) is 4.90 Å². The maximum Gasteiger partial charge on any atom is 0.407 e. The number of fused-ring (bicyclic) bond motifs is 1. The summed E-state index contributed by atoms with van der Waals surface area (Å²) < 4.78 is 0. The monoisotopic (exact) mass is 351 g/mol. The fraction of sp³-hybridized carbons (Fsp3) is 0.529. The number of rotatable bonds is 3. The summed E-state index contributed by atoms with van der Waals surface area (Å²) in [5.74, 6) is 0.226. The van der Waals surface area contributed by atoms with Crippen LogP contribution in [0.4, 0.5) is 4.79 Å². The Kier molecular flexibility index (Phi) is 4.44. The number of piperidine rings is 1. The smallest absolute Gasteiger partial charge is 0.407 e. The second-order valence-electron chi connectivity index (χ2n) is 7.09. The van der Waals surface area contributed by atoms with E-state index in [1.807, 2.05) is 13.8 Å². The van der Waals surface area contributed by atoms with E-state index in [0.717, 1.165) is 29.3 Å². The van der Waals surface area contributed by atoms with E-state index in [2.05, 4.69) is 10.2 Å². The molecule has 0 spiro atoms. The Morgan fingerprint density at radius 2 is 2.08 bits per heavy atom. The third-order valence-electron chi connectivity index (χ3n) is 5.37. The molecule has 1 amide bonds. The zero-order valence-electron chi connectivity index (χ0n) is 13.8. The van der Waals surface area contributed by atoms with E-state index < -0.39 is 17.6 Å². The van der Waals surface area contributed by atoms with Gasteiger partial charge in [-0.05, 0) is 41.9 Å². The molecule has 3 N–H and O–H groups in total. The van der Waals surface area contributed by atoms with Crippen LogP contribution in [0.15, 0.2) is 18.3 Å². The van der Waals surface area contributed by atoms with Crippen LogP contribution in [0.2, 0.25) is 5.02 Å². The van der Waals surface area contributed by atoms with Gasteiger partial charge < -0.3 is 15.1 Å². The number of aromatic amines is 1. The van der Waals surface area contributed by atoms with Crippen molar-refractivity contribution >= 4 is 28.6 Å². The molecular formula is C17H22ClN3O3. The van der Waals surface area contributed by atoms with Gasteiger partial charge in [-0.3, -0.25) is 5.10 Å². The second kappa shape index (κ2) is 6.26. The zero-order chi connectivity index (χ0) is 17.5. The molecule has 1 fully saturated rings. The first kappa shape index (κ1) is 17.0. The van der Waals surface area contributed by atoms with Gasteiger partial charge in [-0.25, -0.2) is 4.79 Å². The molecule has 1 unspecified atom stereocenters. The number of hydrogen-bond acceptors (Lipinski definition) is 3. The highest BCUT2D eigenvalue weighted by Gasteiger charge is 2.40. The van der Waals surface area contributed by atoms with Crippen LogP contribution in [0.3, 0.4) is 0 Å². The molecule has 0 saturated carbocycles. The van der Waals surface area contributed by atoms with Crippen LogP contribution in [-0.4, -0.2) is 44.5 Å². The van der Waals surface area contributed by atoms with Crippen molar-refractivity contribution in [2.75, 3.05) is 13.1 Å². The highest BCUT2D eigenvalue weighted by atomic mass is 35.5. The first-order valence-corrected chi connectivity index (χ1v) is 8.47. The average molecular weight is 352 g/mol. The first-order chi connectivity index (χ1) is 11.3. The number of carboxylic acid groups (broad SMARTS) is 1. The number of aliphatic hydroxyl groups is 1. The standard InChI is InChI=1S/C17H22ClN3O3/c1-17(2,10-3-5-21(6-4-10)16(23)24)15(22)12-7-11(18)8-14-13(12)9-19-20-14/h7-10,15,22H,3-6H2,1-2H3,(H,19,20)(H,23,24). The minimum Gasteiger partial charge on any atom is -0.465 e. The predicted molar refractivity (Wildman–Crippen MR) is 92.2 cm³/mol. The molecule has 0 aliphatic carbocycles. The van der Waals surface area contributed by atoms with Gasteiger partial charge in [0.25, 0.3) is 0 Å². The molecule has 2 aromatic rings. The van der Waals surface area contributed by atoms with Crippen molar-refractivity contribution in [3.05, 3.63) is 28.9 Å². The van der Waals surface area contributed by atoms with E-state index in [1.54, 1.807) is 18.3 Å². The topological polar surface area (TPSA) is 89.5 Å². The number of carbonyl (C=O) groups is 1. The number of benzene rings is 1. The molecule has 2 heterocycles. The van der Waals surface area contributed by atoms with Crippen molar-refractivity contribution < 1.29 is 15.0 Å². The number of aromatic nitrogens is 2. The van der Waals surface area contributed by atoms with Crippen LogP contribution in [-0.2, 0) is 0 Å². The minimum absolute atomic E-state index is 0.226. The summed E-state index contributed by atoms with van der Waals surface area (Å²) in [5.41, 5.74) is 1.16. The number of H-pyrrole nitrogens is 1. The van der Waals surface area contributed by atoms with Gasteiger partial charge in [-0.2, -0.15) is 5.10 Å². The Hall–Kier alpha value is -1.79. The molecule has 0 bridgehead atoms.